The second-order valence-corrected chi connectivity index (χ2v) is 5.31. The molecule has 0 atom stereocenters. The van der Waals surface area contributed by atoms with Crippen LogP contribution in [0.1, 0.15) is 11.1 Å². The number of nitrogens with zero attached hydrogens (tertiary/aromatic N) is 2. The molecule has 0 saturated carbocycles. The van der Waals surface area contributed by atoms with E-state index in [1.165, 1.54) is 24.3 Å². The minimum absolute atomic E-state index is 0.0480. The van der Waals surface area contributed by atoms with Crippen LogP contribution in [0.2, 0.25) is 0 Å². The zero-order valence-electron chi connectivity index (χ0n) is 13.6. The van der Waals surface area contributed by atoms with Crippen molar-refractivity contribution in [1.82, 2.24) is 0 Å². The SMILES string of the molecule is C=CCOc1ccc(/C=C2\N=C(c3ccc([N+](=O)[O-])cc3)OC2=O)cc1. The molecule has 2 aromatic rings. The van der Waals surface area contributed by atoms with Crippen molar-refractivity contribution >= 4 is 23.6 Å². The van der Waals surface area contributed by atoms with Gasteiger partial charge in [-0.3, -0.25) is 10.1 Å². The largest absolute Gasteiger partial charge is 0.490 e. The standard InChI is InChI=1S/C19H14N2O5/c1-2-11-25-16-9-3-13(4-10-16)12-17-19(22)26-18(20-17)14-5-7-15(8-6-14)21(23)24/h2-10,12H,1,11H2/b17-12-. The quantitative estimate of drug-likeness (QED) is 0.261. The molecule has 0 fully saturated rings. The van der Waals surface area contributed by atoms with Gasteiger partial charge in [0.1, 0.15) is 12.4 Å². The Morgan fingerprint density at radius 3 is 2.46 bits per heavy atom. The molecule has 0 spiro atoms. The molecule has 1 aliphatic rings. The summed E-state index contributed by atoms with van der Waals surface area (Å²) in [6.07, 6.45) is 3.25. The van der Waals surface area contributed by atoms with E-state index in [-0.39, 0.29) is 17.3 Å². The van der Waals surface area contributed by atoms with Gasteiger partial charge in [0, 0.05) is 17.7 Å². The summed E-state index contributed by atoms with van der Waals surface area (Å²) >= 11 is 0. The first-order chi connectivity index (χ1) is 12.6. The molecule has 0 radical (unpaired) electrons. The number of ether oxygens (including phenoxy) is 2. The van der Waals surface area contributed by atoms with Gasteiger partial charge in [-0.05, 0) is 35.9 Å². The molecule has 0 N–H and O–H groups in total. The molecule has 3 rings (SSSR count). The minimum atomic E-state index is -0.578. The second-order valence-electron chi connectivity index (χ2n) is 5.31. The van der Waals surface area contributed by atoms with Gasteiger partial charge >= 0.3 is 5.97 Å². The predicted octanol–water partition coefficient (Wildman–Crippen LogP) is 3.50. The summed E-state index contributed by atoms with van der Waals surface area (Å²) in [5.41, 5.74) is 1.35. The van der Waals surface area contributed by atoms with Crippen LogP contribution in [-0.4, -0.2) is 23.4 Å². The lowest BCUT2D eigenvalue weighted by atomic mass is 10.2. The highest BCUT2D eigenvalue weighted by molar-refractivity contribution is 6.12. The molecule has 130 valence electrons. The highest BCUT2D eigenvalue weighted by atomic mass is 16.6. The van der Waals surface area contributed by atoms with Crippen LogP contribution in [0, 0.1) is 10.1 Å². The van der Waals surface area contributed by atoms with Gasteiger partial charge in [-0.2, -0.15) is 0 Å². The molecule has 0 saturated heterocycles. The highest BCUT2D eigenvalue weighted by Gasteiger charge is 2.24. The normalized spacial score (nSPS) is 14.7. The molecule has 1 heterocycles. The molecule has 0 unspecified atom stereocenters. The molecular formula is C19H14N2O5. The number of hydrogen-bond acceptors (Lipinski definition) is 6. The van der Waals surface area contributed by atoms with Crippen molar-refractivity contribution in [2.24, 2.45) is 4.99 Å². The Kier molecular flexibility index (Phi) is 4.89. The van der Waals surface area contributed by atoms with Crippen LogP contribution in [0.4, 0.5) is 5.69 Å². The van der Waals surface area contributed by atoms with Gasteiger partial charge in [0.05, 0.1) is 4.92 Å². The molecular weight excluding hydrogens is 336 g/mol. The molecule has 7 heteroatoms. The summed E-state index contributed by atoms with van der Waals surface area (Å²) in [5, 5.41) is 10.7. The lowest BCUT2D eigenvalue weighted by molar-refractivity contribution is -0.384. The number of esters is 1. The summed E-state index contributed by atoms with van der Waals surface area (Å²) in [6, 6.07) is 12.8. The fourth-order valence-electron chi connectivity index (χ4n) is 2.23. The molecule has 0 aromatic heterocycles. The molecule has 0 bridgehead atoms. The van der Waals surface area contributed by atoms with E-state index < -0.39 is 10.9 Å². The van der Waals surface area contributed by atoms with Crippen LogP contribution in [0.5, 0.6) is 5.75 Å². The molecule has 26 heavy (non-hydrogen) atoms. The first-order valence-corrected chi connectivity index (χ1v) is 7.68. The number of carbonyl (C=O) groups is 1. The van der Waals surface area contributed by atoms with E-state index in [2.05, 4.69) is 11.6 Å². The summed E-state index contributed by atoms with van der Waals surface area (Å²) < 4.78 is 10.5. The van der Waals surface area contributed by atoms with Gasteiger partial charge in [0.15, 0.2) is 5.70 Å². The summed E-state index contributed by atoms with van der Waals surface area (Å²) in [7, 11) is 0. The maximum absolute atomic E-state index is 12.0. The number of non-ortho nitro benzene ring substituents is 1. The lowest BCUT2D eigenvalue weighted by Crippen LogP contribution is -2.05. The summed E-state index contributed by atoms with van der Waals surface area (Å²) in [4.78, 5) is 26.4. The smallest absolute Gasteiger partial charge is 0.363 e. The van der Waals surface area contributed by atoms with Gasteiger partial charge < -0.3 is 9.47 Å². The summed E-state index contributed by atoms with van der Waals surface area (Å²) in [6.45, 7) is 3.99. The Morgan fingerprint density at radius 1 is 1.15 bits per heavy atom. The van der Waals surface area contributed by atoms with Crippen molar-refractivity contribution in [3.63, 3.8) is 0 Å². The third-order valence-electron chi connectivity index (χ3n) is 3.50. The highest BCUT2D eigenvalue weighted by Crippen LogP contribution is 2.22. The van der Waals surface area contributed by atoms with E-state index in [9.17, 15) is 14.9 Å². The lowest BCUT2D eigenvalue weighted by Gasteiger charge is -2.02. The van der Waals surface area contributed by atoms with Gasteiger partial charge in [0.2, 0.25) is 5.90 Å². The van der Waals surface area contributed by atoms with E-state index in [1.807, 2.05) is 0 Å². The van der Waals surface area contributed by atoms with Crippen molar-refractivity contribution in [2.75, 3.05) is 6.61 Å². The van der Waals surface area contributed by atoms with Crippen molar-refractivity contribution in [2.45, 2.75) is 0 Å². The molecule has 0 aliphatic carbocycles. The van der Waals surface area contributed by atoms with E-state index in [0.29, 0.717) is 17.9 Å². The monoisotopic (exact) mass is 350 g/mol. The molecule has 1 aliphatic heterocycles. The van der Waals surface area contributed by atoms with Gasteiger partial charge in [-0.1, -0.05) is 24.8 Å². The number of aliphatic imine (C=N–C) groups is 1. The van der Waals surface area contributed by atoms with Crippen molar-refractivity contribution < 1.29 is 19.2 Å². The zero-order valence-corrected chi connectivity index (χ0v) is 13.6. The third kappa shape index (κ3) is 3.84. The fourth-order valence-corrected chi connectivity index (χ4v) is 2.23. The van der Waals surface area contributed by atoms with Crippen molar-refractivity contribution in [1.29, 1.82) is 0 Å². The first-order valence-electron chi connectivity index (χ1n) is 7.68. The van der Waals surface area contributed by atoms with Crippen LogP contribution < -0.4 is 4.74 Å². The number of nitro groups is 1. The number of cyclic esters (lactones) is 1. The van der Waals surface area contributed by atoms with Crippen LogP contribution in [0.15, 0.2) is 71.9 Å². The van der Waals surface area contributed by atoms with Crippen LogP contribution in [0.3, 0.4) is 0 Å². The maximum Gasteiger partial charge on any atom is 0.363 e. The zero-order chi connectivity index (χ0) is 18.5. The van der Waals surface area contributed by atoms with Crippen LogP contribution >= 0.6 is 0 Å². The molecule has 0 amide bonds. The van der Waals surface area contributed by atoms with Gasteiger partial charge in [-0.15, -0.1) is 0 Å². The first kappa shape index (κ1) is 17.1. The topological polar surface area (TPSA) is 91.0 Å². The third-order valence-corrected chi connectivity index (χ3v) is 3.50. The molecule has 2 aromatic carbocycles. The van der Waals surface area contributed by atoms with Crippen LogP contribution in [0.25, 0.3) is 6.08 Å². The summed E-state index contributed by atoms with van der Waals surface area (Å²) in [5.74, 6) is 0.225. The number of benzene rings is 2. The Balaban J connectivity index is 1.79. The minimum Gasteiger partial charge on any atom is -0.490 e. The number of rotatable bonds is 6. The number of carbonyl (C=O) groups excluding carboxylic acids is 1. The Labute approximate surface area is 149 Å². The van der Waals surface area contributed by atoms with E-state index in [1.54, 1.807) is 36.4 Å². The maximum atomic E-state index is 12.0. The Hall–Kier alpha value is -3.74. The van der Waals surface area contributed by atoms with E-state index >= 15 is 0 Å². The van der Waals surface area contributed by atoms with Crippen LogP contribution in [-0.2, 0) is 9.53 Å². The Morgan fingerprint density at radius 2 is 1.85 bits per heavy atom. The second kappa shape index (κ2) is 7.43. The number of hydrogen-bond donors (Lipinski definition) is 0. The van der Waals surface area contributed by atoms with E-state index in [0.717, 1.165) is 5.56 Å². The number of nitro benzene ring substituents is 1. The van der Waals surface area contributed by atoms with E-state index in [4.69, 9.17) is 9.47 Å². The van der Waals surface area contributed by atoms with Crippen molar-refractivity contribution in [3.8, 4) is 5.75 Å². The van der Waals surface area contributed by atoms with Crippen molar-refractivity contribution in [3.05, 3.63) is 88.1 Å². The van der Waals surface area contributed by atoms with Gasteiger partial charge in [-0.25, -0.2) is 9.79 Å². The average molecular weight is 350 g/mol. The fraction of sp³-hybridized carbons (Fsp3) is 0.0526. The average Bonchev–Trinajstić information content (AvgIpc) is 3.02. The molecule has 7 nitrogen and oxygen atoms in total. The van der Waals surface area contributed by atoms with Gasteiger partial charge in [0.25, 0.3) is 5.69 Å². The predicted molar refractivity (Wildman–Crippen MR) is 95.8 cm³/mol. The Bertz CT molecular complexity index is 912.